The van der Waals surface area contributed by atoms with Crippen LogP contribution in [0.5, 0.6) is 0 Å². The lowest BCUT2D eigenvalue weighted by molar-refractivity contribution is 0.111. The van der Waals surface area contributed by atoms with Crippen LogP contribution in [0.25, 0.3) is 0 Å². The van der Waals surface area contributed by atoms with Crippen LogP contribution in [0, 0.1) is 0 Å². The summed E-state index contributed by atoms with van der Waals surface area (Å²) in [6, 6.07) is 4.38. The maximum absolute atomic E-state index is 5.43. The molecule has 21 heavy (non-hydrogen) atoms. The molecule has 0 N–H and O–H groups in total. The van der Waals surface area contributed by atoms with Crippen LogP contribution in [0.15, 0.2) is 18.3 Å². The smallest absolute Gasteiger partial charge is 0.128 e. The SMILES string of the molecule is CCOCCN1CCN(c2ccc(C(C)(C)C)cn2)CC1. The summed E-state index contributed by atoms with van der Waals surface area (Å²) >= 11 is 0. The van der Waals surface area contributed by atoms with E-state index in [1.807, 2.05) is 13.1 Å². The summed E-state index contributed by atoms with van der Waals surface area (Å²) in [5.74, 6) is 1.10. The minimum Gasteiger partial charge on any atom is -0.380 e. The van der Waals surface area contributed by atoms with Gasteiger partial charge in [0, 0.05) is 45.5 Å². The predicted octanol–water partition coefficient (Wildman–Crippen LogP) is 2.54. The van der Waals surface area contributed by atoms with Gasteiger partial charge in [0.2, 0.25) is 0 Å². The highest BCUT2D eigenvalue weighted by Crippen LogP contribution is 2.23. The molecule has 4 nitrogen and oxygen atoms in total. The van der Waals surface area contributed by atoms with E-state index in [1.54, 1.807) is 0 Å². The van der Waals surface area contributed by atoms with E-state index in [0.717, 1.165) is 51.8 Å². The van der Waals surface area contributed by atoms with Gasteiger partial charge in [-0.15, -0.1) is 0 Å². The lowest BCUT2D eigenvalue weighted by Crippen LogP contribution is -2.47. The van der Waals surface area contributed by atoms with Gasteiger partial charge >= 0.3 is 0 Å². The normalized spacial score (nSPS) is 17.2. The number of nitrogens with zero attached hydrogens (tertiary/aromatic N) is 3. The molecule has 0 saturated carbocycles. The van der Waals surface area contributed by atoms with E-state index in [9.17, 15) is 0 Å². The average molecular weight is 291 g/mol. The summed E-state index contributed by atoms with van der Waals surface area (Å²) in [7, 11) is 0. The van der Waals surface area contributed by atoms with Gasteiger partial charge in [-0.1, -0.05) is 26.8 Å². The molecule has 1 aliphatic heterocycles. The molecule has 1 saturated heterocycles. The Bertz CT molecular complexity index is 417. The van der Waals surface area contributed by atoms with Gasteiger partial charge in [0.15, 0.2) is 0 Å². The Labute approximate surface area is 129 Å². The van der Waals surface area contributed by atoms with Crippen LogP contribution in [-0.4, -0.2) is 55.8 Å². The Morgan fingerprint density at radius 1 is 1.14 bits per heavy atom. The summed E-state index contributed by atoms with van der Waals surface area (Å²) < 4.78 is 5.43. The van der Waals surface area contributed by atoms with Crippen molar-refractivity contribution >= 4 is 5.82 Å². The van der Waals surface area contributed by atoms with E-state index in [0.29, 0.717) is 0 Å². The van der Waals surface area contributed by atoms with Gasteiger partial charge in [-0.25, -0.2) is 4.98 Å². The largest absolute Gasteiger partial charge is 0.380 e. The van der Waals surface area contributed by atoms with Crippen molar-refractivity contribution in [3.05, 3.63) is 23.9 Å². The number of piperazine rings is 1. The Hall–Kier alpha value is -1.13. The summed E-state index contributed by atoms with van der Waals surface area (Å²) in [5.41, 5.74) is 1.46. The van der Waals surface area contributed by atoms with Crippen molar-refractivity contribution < 1.29 is 4.74 Å². The molecule has 1 aromatic heterocycles. The quantitative estimate of drug-likeness (QED) is 0.780. The Morgan fingerprint density at radius 3 is 2.38 bits per heavy atom. The summed E-state index contributed by atoms with van der Waals surface area (Å²) in [6.07, 6.45) is 2.02. The molecule has 0 radical (unpaired) electrons. The predicted molar refractivity (Wildman–Crippen MR) is 88.1 cm³/mol. The lowest BCUT2D eigenvalue weighted by atomic mass is 9.88. The van der Waals surface area contributed by atoms with Gasteiger partial charge in [-0.05, 0) is 24.0 Å². The zero-order valence-corrected chi connectivity index (χ0v) is 13.9. The van der Waals surface area contributed by atoms with E-state index in [-0.39, 0.29) is 5.41 Å². The maximum Gasteiger partial charge on any atom is 0.128 e. The molecule has 1 fully saturated rings. The van der Waals surface area contributed by atoms with Gasteiger partial charge < -0.3 is 9.64 Å². The first-order valence-electron chi connectivity index (χ1n) is 8.02. The first-order chi connectivity index (χ1) is 10.0. The van der Waals surface area contributed by atoms with Gasteiger partial charge in [0.25, 0.3) is 0 Å². The van der Waals surface area contributed by atoms with Crippen LogP contribution in [0.4, 0.5) is 5.82 Å². The zero-order chi connectivity index (χ0) is 15.3. The van der Waals surface area contributed by atoms with Crippen molar-refractivity contribution in [1.29, 1.82) is 0 Å². The first kappa shape index (κ1) is 16.2. The molecule has 1 aliphatic rings. The van der Waals surface area contributed by atoms with Crippen molar-refractivity contribution in [2.45, 2.75) is 33.1 Å². The van der Waals surface area contributed by atoms with Crippen molar-refractivity contribution in [1.82, 2.24) is 9.88 Å². The minimum absolute atomic E-state index is 0.170. The standard InChI is InChI=1S/C17H29N3O/c1-5-21-13-12-19-8-10-20(11-9-19)16-7-6-15(14-18-16)17(2,3)4/h6-7,14H,5,8-13H2,1-4H3. The van der Waals surface area contributed by atoms with Crippen molar-refractivity contribution in [3.8, 4) is 0 Å². The highest BCUT2D eigenvalue weighted by atomic mass is 16.5. The van der Waals surface area contributed by atoms with Crippen LogP contribution in [0.3, 0.4) is 0 Å². The molecule has 1 aromatic rings. The number of anilines is 1. The minimum atomic E-state index is 0.170. The molecule has 0 aromatic carbocycles. The van der Waals surface area contributed by atoms with Crippen LogP contribution >= 0.6 is 0 Å². The molecule has 2 rings (SSSR count). The molecule has 0 atom stereocenters. The fourth-order valence-corrected chi connectivity index (χ4v) is 2.56. The summed E-state index contributed by atoms with van der Waals surface area (Å²) in [6.45, 7) is 15.7. The molecule has 118 valence electrons. The highest BCUT2D eigenvalue weighted by Gasteiger charge is 2.19. The van der Waals surface area contributed by atoms with Crippen molar-refractivity contribution in [3.63, 3.8) is 0 Å². The maximum atomic E-state index is 5.43. The van der Waals surface area contributed by atoms with Gasteiger partial charge in [-0.3, -0.25) is 4.90 Å². The molecule has 0 amide bonds. The molecule has 4 heteroatoms. The third-order valence-corrected chi connectivity index (χ3v) is 4.07. The summed E-state index contributed by atoms with van der Waals surface area (Å²) in [4.78, 5) is 9.50. The first-order valence-corrected chi connectivity index (χ1v) is 8.02. The number of ether oxygens (including phenoxy) is 1. The van der Waals surface area contributed by atoms with E-state index in [4.69, 9.17) is 4.74 Å². The van der Waals surface area contributed by atoms with E-state index < -0.39 is 0 Å². The van der Waals surface area contributed by atoms with E-state index >= 15 is 0 Å². The molecule has 0 spiro atoms. The second kappa shape index (κ2) is 7.23. The topological polar surface area (TPSA) is 28.6 Å². The molecular weight excluding hydrogens is 262 g/mol. The third kappa shape index (κ3) is 4.68. The summed E-state index contributed by atoms with van der Waals surface area (Å²) in [5, 5.41) is 0. The number of rotatable bonds is 5. The Morgan fingerprint density at radius 2 is 1.86 bits per heavy atom. The van der Waals surface area contributed by atoms with Gasteiger partial charge in [0.05, 0.1) is 6.61 Å². The van der Waals surface area contributed by atoms with Crippen molar-refractivity contribution in [2.75, 3.05) is 50.8 Å². The van der Waals surface area contributed by atoms with Gasteiger partial charge in [-0.2, -0.15) is 0 Å². The van der Waals surface area contributed by atoms with E-state index in [2.05, 4.69) is 47.7 Å². The Kier molecular flexibility index (Phi) is 5.59. The van der Waals surface area contributed by atoms with E-state index in [1.165, 1.54) is 5.56 Å². The number of hydrogen-bond acceptors (Lipinski definition) is 4. The second-order valence-electron chi connectivity index (χ2n) is 6.68. The van der Waals surface area contributed by atoms with Gasteiger partial charge in [0.1, 0.15) is 5.82 Å². The molecular formula is C17H29N3O. The molecule has 0 bridgehead atoms. The molecule has 0 unspecified atom stereocenters. The molecule has 0 aliphatic carbocycles. The highest BCUT2D eigenvalue weighted by molar-refractivity contribution is 5.41. The fourth-order valence-electron chi connectivity index (χ4n) is 2.56. The second-order valence-corrected chi connectivity index (χ2v) is 6.68. The number of aromatic nitrogens is 1. The van der Waals surface area contributed by atoms with Crippen LogP contribution in [0.1, 0.15) is 33.3 Å². The lowest BCUT2D eigenvalue weighted by Gasteiger charge is -2.35. The van der Waals surface area contributed by atoms with Crippen LogP contribution in [-0.2, 0) is 10.2 Å². The Balaban J connectivity index is 1.85. The monoisotopic (exact) mass is 291 g/mol. The molecule has 2 heterocycles. The zero-order valence-electron chi connectivity index (χ0n) is 13.9. The number of hydrogen-bond donors (Lipinski definition) is 0. The number of pyridine rings is 1. The average Bonchev–Trinajstić information content (AvgIpc) is 2.48. The van der Waals surface area contributed by atoms with Crippen LogP contribution in [0.2, 0.25) is 0 Å². The van der Waals surface area contributed by atoms with Crippen LogP contribution < -0.4 is 4.90 Å². The van der Waals surface area contributed by atoms with Crippen molar-refractivity contribution in [2.24, 2.45) is 0 Å². The fraction of sp³-hybridized carbons (Fsp3) is 0.706. The third-order valence-electron chi connectivity index (χ3n) is 4.07.